The summed E-state index contributed by atoms with van der Waals surface area (Å²) < 4.78 is 22.2. The van der Waals surface area contributed by atoms with Crippen molar-refractivity contribution in [1.29, 1.82) is 0 Å². The Morgan fingerprint density at radius 3 is 2.46 bits per heavy atom. The number of furan rings is 1. The van der Waals surface area contributed by atoms with E-state index in [0.717, 1.165) is 11.1 Å². The molecule has 5 rings (SSSR count). The molecule has 0 spiro atoms. The molecule has 4 aromatic rings. The van der Waals surface area contributed by atoms with Gasteiger partial charge in [-0.15, -0.1) is 0 Å². The number of nitrogens with one attached hydrogen (secondary N) is 1. The summed E-state index contributed by atoms with van der Waals surface area (Å²) in [5, 5.41) is 18.0. The lowest BCUT2D eigenvalue weighted by Gasteiger charge is -2.27. The Labute approximate surface area is 201 Å². The van der Waals surface area contributed by atoms with E-state index < -0.39 is 6.04 Å². The normalized spacial score (nSPS) is 14.8. The van der Waals surface area contributed by atoms with Crippen molar-refractivity contribution in [2.24, 2.45) is 0 Å². The number of aromatic hydroxyl groups is 1. The van der Waals surface area contributed by atoms with E-state index in [1.165, 1.54) is 7.11 Å². The van der Waals surface area contributed by atoms with Crippen LogP contribution in [0.1, 0.15) is 39.0 Å². The minimum Gasteiger partial charge on any atom is -0.507 e. The van der Waals surface area contributed by atoms with Gasteiger partial charge in [0.05, 0.1) is 40.2 Å². The number of phenols is 1. The van der Waals surface area contributed by atoms with Gasteiger partial charge in [-0.3, -0.25) is 9.89 Å². The van der Waals surface area contributed by atoms with E-state index in [0.29, 0.717) is 45.5 Å². The zero-order chi connectivity index (χ0) is 24.7. The standard InChI is InChI=1S/C26H25N3O6/c1-14-7-8-18(30)17(10-14)22-21-23(28-27-22)26(31)29(13-16-6-5-9-35-16)24(21)15-11-19(32-2)25(34-4)20(12-15)33-3/h5-12,24,30H,13H2,1-4H3,(H,27,28). The Balaban J connectivity index is 1.74. The largest absolute Gasteiger partial charge is 0.507 e. The molecule has 2 aromatic heterocycles. The number of carbonyl (C=O) groups excluding carboxylic acids is 1. The number of hydrogen-bond donors (Lipinski definition) is 2. The highest BCUT2D eigenvalue weighted by Crippen LogP contribution is 2.48. The summed E-state index contributed by atoms with van der Waals surface area (Å²) in [6.45, 7) is 2.16. The van der Waals surface area contributed by atoms with Crippen molar-refractivity contribution in [2.45, 2.75) is 19.5 Å². The highest BCUT2D eigenvalue weighted by molar-refractivity contribution is 6.00. The third kappa shape index (κ3) is 3.65. The van der Waals surface area contributed by atoms with Crippen LogP contribution < -0.4 is 14.2 Å². The molecule has 0 saturated carbocycles. The molecule has 35 heavy (non-hydrogen) atoms. The average molecular weight is 476 g/mol. The van der Waals surface area contributed by atoms with Crippen molar-refractivity contribution >= 4 is 5.91 Å². The highest BCUT2D eigenvalue weighted by atomic mass is 16.5. The molecule has 9 nitrogen and oxygen atoms in total. The molecule has 1 unspecified atom stereocenters. The van der Waals surface area contributed by atoms with Gasteiger partial charge in [-0.1, -0.05) is 11.6 Å². The molecular formula is C26H25N3O6. The van der Waals surface area contributed by atoms with Crippen LogP contribution in [0.15, 0.2) is 53.1 Å². The van der Waals surface area contributed by atoms with Gasteiger partial charge >= 0.3 is 0 Å². The minimum absolute atomic E-state index is 0.0745. The fourth-order valence-corrected chi connectivity index (χ4v) is 4.58. The fourth-order valence-electron chi connectivity index (χ4n) is 4.58. The molecule has 0 fully saturated rings. The maximum atomic E-state index is 13.6. The zero-order valence-electron chi connectivity index (χ0n) is 19.8. The van der Waals surface area contributed by atoms with E-state index in [-0.39, 0.29) is 18.2 Å². The van der Waals surface area contributed by atoms with E-state index in [1.807, 2.05) is 37.3 Å². The van der Waals surface area contributed by atoms with Gasteiger partial charge < -0.3 is 28.6 Å². The van der Waals surface area contributed by atoms with Crippen LogP contribution in [-0.4, -0.2) is 47.4 Å². The SMILES string of the molecule is COc1cc(C2c3c(-c4cc(C)ccc4O)n[nH]c3C(=O)N2Cc2ccco2)cc(OC)c1OC. The topological polar surface area (TPSA) is 110 Å². The van der Waals surface area contributed by atoms with Gasteiger partial charge in [-0.25, -0.2) is 0 Å². The summed E-state index contributed by atoms with van der Waals surface area (Å²) in [6, 6.07) is 11.9. The lowest BCUT2D eigenvalue weighted by atomic mass is 9.94. The maximum absolute atomic E-state index is 13.6. The Kier molecular flexibility index (Phi) is 5.60. The van der Waals surface area contributed by atoms with Crippen molar-refractivity contribution < 1.29 is 28.5 Å². The molecule has 1 amide bonds. The first-order valence-electron chi connectivity index (χ1n) is 11.0. The van der Waals surface area contributed by atoms with Gasteiger partial charge in [0, 0.05) is 11.1 Å². The molecule has 3 heterocycles. The quantitative estimate of drug-likeness (QED) is 0.406. The van der Waals surface area contributed by atoms with Crippen LogP contribution >= 0.6 is 0 Å². The number of methoxy groups -OCH3 is 3. The van der Waals surface area contributed by atoms with Crippen molar-refractivity contribution in [3.05, 3.63) is 76.9 Å². The van der Waals surface area contributed by atoms with Crippen LogP contribution in [0, 0.1) is 6.92 Å². The third-order valence-electron chi connectivity index (χ3n) is 6.18. The third-order valence-corrected chi connectivity index (χ3v) is 6.18. The van der Waals surface area contributed by atoms with Gasteiger partial charge in [-0.05, 0) is 48.9 Å². The Morgan fingerprint density at radius 2 is 1.83 bits per heavy atom. The molecule has 0 aliphatic carbocycles. The first-order chi connectivity index (χ1) is 17.0. The number of hydrogen-bond acceptors (Lipinski definition) is 7. The number of phenolic OH excluding ortho intramolecular Hbond substituents is 1. The number of aromatic nitrogens is 2. The summed E-state index contributed by atoms with van der Waals surface area (Å²) in [7, 11) is 4.62. The zero-order valence-corrected chi connectivity index (χ0v) is 19.8. The van der Waals surface area contributed by atoms with Gasteiger partial charge in [0.2, 0.25) is 5.75 Å². The molecule has 2 N–H and O–H groups in total. The molecule has 0 saturated heterocycles. The first kappa shape index (κ1) is 22.4. The molecular weight excluding hydrogens is 450 g/mol. The van der Waals surface area contributed by atoms with E-state index in [2.05, 4.69) is 10.2 Å². The molecule has 2 aromatic carbocycles. The van der Waals surface area contributed by atoms with E-state index >= 15 is 0 Å². The number of rotatable bonds is 7. The summed E-state index contributed by atoms with van der Waals surface area (Å²) in [5.41, 5.74) is 3.72. The van der Waals surface area contributed by atoms with Crippen LogP contribution in [0.4, 0.5) is 0 Å². The van der Waals surface area contributed by atoms with Crippen LogP contribution in [0.2, 0.25) is 0 Å². The average Bonchev–Trinajstić information content (AvgIpc) is 3.59. The summed E-state index contributed by atoms with van der Waals surface area (Å²) in [5.74, 6) is 1.85. The van der Waals surface area contributed by atoms with Crippen LogP contribution in [0.5, 0.6) is 23.0 Å². The molecule has 1 atom stereocenters. The number of amides is 1. The number of carbonyl (C=O) groups is 1. The first-order valence-corrected chi connectivity index (χ1v) is 11.0. The number of nitrogens with zero attached hydrogens (tertiary/aromatic N) is 2. The second-order valence-corrected chi connectivity index (χ2v) is 8.26. The number of aryl methyl sites for hydroxylation is 1. The van der Waals surface area contributed by atoms with Crippen LogP contribution in [0.3, 0.4) is 0 Å². The predicted octanol–water partition coefficient (Wildman–Crippen LogP) is 4.45. The summed E-state index contributed by atoms with van der Waals surface area (Å²) in [6.07, 6.45) is 1.57. The van der Waals surface area contributed by atoms with Gasteiger partial charge in [0.1, 0.15) is 22.9 Å². The number of H-pyrrole nitrogens is 1. The monoisotopic (exact) mass is 475 g/mol. The number of ether oxygens (including phenoxy) is 3. The Bertz CT molecular complexity index is 1370. The van der Waals surface area contributed by atoms with E-state index in [1.54, 1.807) is 37.5 Å². The molecule has 9 heteroatoms. The number of benzene rings is 2. The molecule has 180 valence electrons. The number of fused-ring (bicyclic) bond motifs is 1. The highest BCUT2D eigenvalue weighted by Gasteiger charge is 2.43. The van der Waals surface area contributed by atoms with Crippen LogP contribution in [0.25, 0.3) is 11.3 Å². The Morgan fingerprint density at radius 1 is 1.09 bits per heavy atom. The van der Waals surface area contributed by atoms with Crippen molar-refractivity contribution in [3.8, 4) is 34.3 Å². The lowest BCUT2D eigenvalue weighted by molar-refractivity contribution is 0.0716. The second-order valence-electron chi connectivity index (χ2n) is 8.26. The smallest absolute Gasteiger partial charge is 0.273 e. The van der Waals surface area contributed by atoms with E-state index in [9.17, 15) is 9.90 Å². The fraction of sp³-hybridized carbons (Fsp3) is 0.231. The summed E-state index contributed by atoms with van der Waals surface area (Å²) >= 11 is 0. The minimum atomic E-state index is -0.565. The van der Waals surface area contributed by atoms with E-state index in [4.69, 9.17) is 18.6 Å². The maximum Gasteiger partial charge on any atom is 0.273 e. The van der Waals surface area contributed by atoms with Gasteiger partial charge in [0.15, 0.2) is 11.5 Å². The molecule has 0 bridgehead atoms. The molecule has 1 aliphatic heterocycles. The van der Waals surface area contributed by atoms with Gasteiger partial charge in [-0.2, -0.15) is 5.10 Å². The van der Waals surface area contributed by atoms with Gasteiger partial charge in [0.25, 0.3) is 5.91 Å². The summed E-state index contributed by atoms with van der Waals surface area (Å²) in [4.78, 5) is 15.3. The number of aromatic amines is 1. The predicted molar refractivity (Wildman–Crippen MR) is 127 cm³/mol. The van der Waals surface area contributed by atoms with Crippen molar-refractivity contribution in [2.75, 3.05) is 21.3 Å². The molecule has 0 radical (unpaired) electrons. The Hall–Kier alpha value is -4.40. The lowest BCUT2D eigenvalue weighted by Crippen LogP contribution is -2.29. The van der Waals surface area contributed by atoms with Crippen molar-refractivity contribution in [3.63, 3.8) is 0 Å². The van der Waals surface area contributed by atoms with Crippen LogP contribution in [-0.2, 0) is 6.54 Å². The molecule has 1 aliphatic rings. The second kappa shape index (κ2) is 8.75. The van der Waals surface area contributed by atoms with Crippen molar-refractivity contribution in [1.82, 2.24) is 15.1 Å².